The van der Waals surface area contributed by atoms with Crippen LogP contribution in [-0.2, 0) is 14.8 Å². The van der Waals surface area contributed by atoms with Crippen LogP contribution in [0.15, 0.2) is 0 Å². The molecule has 0 radical (unpaired) electrons. The van der Waals surface area contributed by atoms with E-state index in [0.29, 0.717) is 13.1 Å². The van der Waals surface area contributed by atoms with Crippen LogP contribution >= 0.6 is 12.2 Å². The highest BCUT2D eigenvalue weighted by Crippen LogP contribution is 2.14. The van der Waals surface area contributed by atoms with Gasteiger partial charge < -0.3 is 10.5 Å². The average molecular weight is 252 g/mol. The van der Waals surface area contributed by atoms with Gasteiger partial charge in [0.05, 0.1) is 17.2 Å². The van der Waals surface area contributed by atoms with Crippen LogP contribution in [0.5, 0.6) is 0 Å². The van der Waals surface area contributed by atoms with Gasteiger partial charge in [-0.25, -0.2) is 8.42 Å². The van der Waals surface area contributed by atoms with E-state index in [1.807, 2.05) is 13.8 Å². The number of ether oxygens (including phenoxy) is 1. The molecule has 0 saturated carbocycles. The van der Waals surface area contributed by atoms with Gasteiger partial charge in [0, 0.05) is 13.1 Å². The molecule has 15 heavy (non-hydrogen) atoms. The van der Waals surface area contributed by atoms with Gasteiger partial charge in [0.2, 0.25) is 10.0 Å². The average Bonchev–Trinajstić information content (AvgIpc) is 1.99. The molecule has 0 aromatic rings. The molecule has 1 aliphatic rings. The van der Waals surface area contributed by atoms with Crippen molar-refractivity contribution in [2.75, 3.05) is 18.8 Å². The van der Waals surface area contributed by atoms with Gasteiger partial charge >= 0.3 is 0 Å². The zero-order valence-corrected chi connectivity index (χ0v) is 10.5. The van der Waals surface area contributed by atoms with Gasteiger partial charge in [-0.05, 0) is 13.8 Å². The molecule has 1 heterocycles. The Balaban J connectivity index is 2.74. The zero-order valence-electron chi connectivity index (χ0n) is 8.84. The number of sulfonamides is 1. The van der Waals surface area contributed by atoms with Crippen molar-refractivity contribution in [3.63, 3.8) is 0 Å². The first-order valence-electron chi connectivity index (χ1n) is 4.73. The van der Waals surface area contributed by atoms with E-state index in [-0.39, 0.29) is 22.9 Å². The van der Waals surface area contributed by atoms with Crippen molar-refractivity contribution in [1.29, 1.82) is 0 Å². The number of hydrogen-bond donors (Lipinski definition) is 1. The minimum absolute atomic E-state index is 0.00166. The van der Waals surface area contributed by atoms with Crippen LogP contribution in [0.1, 0.15) is 13.8 Å². The molecule has 0 bridgehead atoms. The maximum Gasteiger partial charge on any atom is 0.220 e. The molecule has 1 aliphatic heterocycles. The summed E-state index contributed by atoms with van der Waals surface area (Å²) in [6.45, 7) is 4.43. The van der Waals surface area contributed by atoms with Crippen molar-refractivity contribution in [3.05, 3.63) is 0 Å². The molecule has 88 valence electrons. The van der Waals surface area contributed by atoms with Crippen LogP contribution in [0.4, 0.5) is 0 Å². The first-order chi connectivity index (χ1) is 6.81. The monoisotopic (exact) mass is 252 g/mol. The summed E-state index contributed by atoms with van der Waals surface area (Å²) in [7, 11) is -3.36. The highest BCUT2D eigenvalue weighted by atomic mass is 32.2. The summed E-state index contributed by atoms with van der Waals surface area (Å²) >= 11 is 4.61. The molecule has 0 aliphatic carbocycles. The minimum Gasteiger partial charge on any atom is -0.392 e. The largest absolute Gasteiger partial charge is 0.392 e. The second-order valence-corrected chi connectivity index (χ2v) is 6.29. The second kappa shape index (κ2) is 4.73. The van der Waals surface area contributed by atoms with Gasteiger partial charge in [-0.3, -0.25) is 0 Å². The highest BCUT2D eigenvalue weighted by molar-refractivity contribution is 7.92. The third-order valence-corrected chi connectivity index (χ3v) is 4.19. The van der Waals surface area contributed by atoms with Crippen LogP contribution in [0.25, 0.3) is 0 Å². The summed E-state index contributed by atoms with van der Waals surface area (Å²) in [6.07, 6.45) is -0.176. The summed E-state index contributed by atoms with van der Waals surface area (Å²) in [6, 6.07) is 0. The standard InChI is InChI=1S/C8H16N2O3S2/c1-6-3-10(4-7(2)13-6)15(11,12)5-8(9)14/h6-7H,3-5H2,1-2H3,(H2,9,14). The fraction of sp³-hybridized carbons (Fsp3) is 0.875. The van der Waals surface area contributed by atoms with Gasteiger partial charge in [0.15, 0.2) is 0 Å². The Hall–Kier alpha value is -0.240. The Morgan fingerprint density at radius 1 is 1.47 bits per heavy atom. The summed E-state index contributed by atoms with van der Waals surface area (Å²) in [5, 5.41) is 0. The molecular formula is C8H16N2O3S2. The minimum atomic E-state index is -3.36. The number of rotatable bonds is 3. The van der Waals surface area contributed by atoms with Crippen LogP contribution in [0, 0.1) is 0 Å². The molecule has 1 rings (SSSR count). The summed E-state index contributed by atoms with van der Waals surface area (Å²) in [5.41, 5.74) is 5.25. The molecule has 0 aromatic heterocycles. The zero-order chi connectivity index (χ0) is 11.6. The molecule has 0 amide bonds. The molecule has 1 fully saturated rings. The van der Waals surface area contributed by atoms with E-state index in [4.69, 9.17) is 10.5 Å². The van der Waals surface area contributed by atoms with Crippen LogP contribution in [0.3, 0.4) is 0 Å². The van der Waals surface area contributed by atoms with Crippen LogP contribution in [0.2, 0.25) is 0 Å². The van der Waals surface area contributed by atoms with Crippen molar-refractivity contribution in [1.82, 2.24) is 4.31 Å². The maximum atomic E-state index is 11.8. The third kappa shape index (κ3) is 3.67. The molecular weight excluding hydrogens is 236 g/mol. The Morgan fingerprint density at radius 2 is 1.93 bits per heavy atom. The van der Waals surface area contributed by atoms with E-state index in [9.17, 15) is 8.42 Å². The molecule has 1 saturated heterocycles. The molecule has 5 nitrogen and oxygen atoms in total. The quantitative estimate of drug-likeness (QED) is 0.699. The van der Waals surface area contributed by atoms with Crippen LogP contribution < -0.4 is 5.73 Å². The van der Waals surface area contributed by atoms with Gasteiger partial charge in [-0.2, -0.15) is 4.31 Å². The normalized spacial score (nSPS) is 28.9. The van der Waals surface area contributed by atoms with Gasteiger partial charge in [-0.15, -0.1) is 0 Å². The molecule has 7 heteroatoms. The third-order valence-electron chi connectivity index (χ3n) is 2.10. The van der Waals surface area contributed by atoms with Crippen molar-refractivity contribution in [2.45, 2.75) is 26.1 Å². The lowest BCUT2D eigenvalue weighted by Gasteiger charge is -2.34. The molecule has 2 atom stereocenters. The topological polar surface area (TPSA) is 72.6 Å². The van der Waals surface area contributed by atoms with Crippen molar-refractivity contribution in [2.24, 2.45) is 5.73 Å². The number of nitrogens with zero attached hydrogens (tertiary/aromatic N) is 1. The smallest absolute Gasteiger partial charge is 0.220 e. The highest BCUT2D eigenvalue weighted by Gasteiger charge is 2.31. The molecule has 0 aromatic carbocycles. The van der Waals surface area contributed by atoms with E-state index in [1.165, 1.54) is 4.31 Å². The fourth-order valence-corrected chi connectivity index (χ4v) is 3.49. The van der Waals surface area contributed by atoms with Gasteiger partial charge in [0.25, 0.3) is 0 Å². The maximum absolute atomic E-state index is 11.8. The van der Waals surface area contributed by atoms with Crippen molar-refractivity contribution in [3.8, 4) is 0 Å². The SMILES string of the molecule is CC1CN(S(=O)(=O)CC(N)=S)CC(C)O1. The Labute approximate surface area is 95.6 Å². The number of nitrogens with two attached hydrogens (primary N) is 1. The Bertz CT molecular complexity index is 332. The van der Waals surface area contributed by atoms with E-state index in [1.54, 1.807) is 0 Å². The Morgan fingerprint density at radius 3 is 2.33 bits per heavy atom. The van der Waals surface area contributed by atoms with Crippen molar-refractivity contribution < 1.29 is 13.2 Å². The van der Waals surface area contributed by atoms with Gasteiger partial charge in [-0.1, -0.05) is 12.2 Å². The molecule has 2 unspecified atom stereocenters. The first-order valence-corrected chi connectivity index (χ1v) is 6.74. The number of morpholine rings is 1. The van der Waals surface area contributed by atoms with Crippen LogP contribution in [-0.4, -0.2) is 48.8 Å². The van der Waals surface area contributed by atoms with E-state index in [2.05, 4.69) is 12.2 Å². The van der Waals surface area contributed by atoms with E-state index in [0.717, 1.165) is 0 Å². The van der Waals surface area contributed by atoms with E-state index < -0.39 is 10.0 Å². The summed E-state index contributed by atoms with van der Waals surface area (Å²) in [4.78, 5) is 0.00166. The fourth-order valence-electron chi connectivity index (χ4n) is 1.63. The number of thiocarbonyl (C=S) groups is 1. The predicted molar refractivity (Wildman–Crippen MR) is 62.2 cm³/mol. The predicted octanol–water partition coefficient (Wildman–Crippen LogP) is -0.288. The number of hydrogen-bond acceptors (Lipinski definition) is 4. The lowest BCUT2D eigenvalue weighted by molar-refractivity contribution is -0.0439. The summed E-state index contributed by atoms with van der Waals surface area (Å²) < 4.78 is 30.4. The first kappa shape index (κ1) is 12.8. The molecule has 0 spiro atoms. The van der Waals surface area contributed by atoms with E-state index >= 15 is 0 Å². The summed E-state index contributed by atoms with van der Waals surface area (Å²) in [5.74, 6) is -0.262. The van der Waals surface area contributed by atoms with Crippen molar-refractivity contribution >= 4 is 27.2 Å². The lowest BCUT2D eigenvalue weighted by Crippen LogP contribution is -2.49. The van der Waals surface area contributed by atoms with Gasteiger partial charge in [0.1, 0.15) is 5.75 Å². The lowest BCUT2D eigenvalue weighted by atomic mass is 10.3. The second-order valence-electron chi connectivity index (χ2n) is 3.80. The molecule has 2 N–H and O–H groups in total. The Kier molecular flexibility index (Phi) is 4.05.